The van der Waals surface area contributed by atoms with Crippen LogP contribution in [0.3, 0.4) is 0 Å². The highest BCUT2D eigenvalue weighted by Crippen LogP contribution is 2.28. The molecule has 0 radical (unpaired) electrons. The topological polar surface area (TPSA) is 30.8 Å². The third kappa shape index (κ3) is 4.77. The molecule has 0 saturated carbocycles. The maximum atomic E-state index is 12.7. The molecule has 2 aromatic carbocycles. The van der Waals surface area contributed by atoms with Crippen molar-refractivity contribution in [3.05, 3.63) is 47.5 Å². The van der Waals surface area contributed by atoms with Crippen LogP contribution < -0.4 is 0 Å². The number of halogens is 3. The van der Waals surface area contributed by atoms with Crippen LogP contribution in [0.5, 0.6) is 0 Å². The van der Waals surface area contributed by atoms with Crippen molar-refractivity contribution in [2.45, 2.75) is 18.9 Å². The lowest BCUT2D eigenvalue weighted by Crippen LogP contribution is -2.16. The zero-order valence-electron chi connectivity index (χ0n) is 12.9. The van der Waals surface area contributed by atoms with Crippen molar-refractivity contribution in [2.24, 2.45) is 4.99 Å². The van der Waals surface area contributed by atoms with Gasteiger partial charge in [-0.25, -0.2) is 0 Å². The quantitative estimate of drug-likeness (QED) is 0.594. The highest BCUT2D eigenvalue weighted by Gasteiger charge is 2.28. The molecule has 0 fully saturated rings. The molecule has 6 heteroatoms. The monoisotopic (exact) mass is 325 g/mol. The second kappa shape index (κ2) is 7.57. The molecule has 0 heterocycles. The van der Waals surface area contributed by atoms with Gasteiger partial charge in [0.05, 0.1) is 13.0 Å². The first-order valence-corrected chi connectivity index (χ1v) is 7.07. The van der Waals surface area contributed by atoms with Gasteiger partial charge in [0, 0.05) is 26.0 Å². The van der Waals surface area contributed by atoms with Crippen molar-refractivity contribution in [1.29, 1.82) is 0 Å². The molecule has 0 aliphatic rings. The van der Waals surface area contributed by atoms with E-state index in [1.54, 1.807) is 36.5 Å². The molecule has 0 bridgehead atoms. The molecular weight excluding hydrogens is 307 g/mol. The lowest BCUT2D eigenvalue weighted by Gasteiger charge is -2.12. The summed E-state index contributed by atoms with van der Waals surface area (Å²) in [5.41, 5.74) is 1.02. The SMILES string of the molecule is COC(C/N=C/c1ccc(CC(F)(F)F)c2ccccc12)OC. The van der Waals surface area contributed by atoms with E-state index in [4.69, 9.17) is 9.47 Å². The molecule has 2 aromatic rings. The number of hydrogen-bond acceptors (Lipinski definition) is 3. The second-order valence-corrected chi connectivity index (χ2v) is 5.05. The maximum absolute atomic E-state index is 12.7. The molecule has 2 rings (SSSR count). The Morgan fingerprint density at radius 2 is 1.70 bits per heavy atom. The van der Waals surface area contributed by atoms with E-state index < -0.39 is 18.9 Å². The number of aliphatic imine (C=N–C) groups is 1. The molecule has 23 heavy (non-hydrogen) atoms. The van der Waals surface area contributed by atoms with Crippen LogP contribution >= 0.6 is 0 Å². The highest BCUT2D eigenvalue weighted by molar-refractivity contribution is 6.01. The smallest absolute Gasteiger partial charge is 0.354 e. The van der Waals surface area contributed by atoms with Crippen molar-refractivity contribution >= 4 is 17.0 Å². The van der Waals surface area contributed by atoms with Gasteiger partial charge in [0.15, 0.2) is 6.29 Å². The molecular formula is C17H18F3NO2. The Hall–Kier alpha value is -1.92. The molecule has 0 atom stereocenters. The molecule has 0 aliphatic heterocycles. The number of methoxy groups -OCH3 is 2. The van der Waals surface area contributed by atoms with E-state index in [2.05, 4.69) is 4.99 Å². The van der Waals surface area contributed by atoms with E-state index in [-0.39, 0.29) is 5.56 Å². The molecule has 0 spiro atoms. The Balaban J connectivity index is 2.32. The number of alkyl halides is 3. The Kier molecular flexibility index (Phi) is 5.74. The fourth-order valence-corrected chi connectivity index (χ4v) is 2.35. The third-order valence-electron chi connectivity index (χ3n) is 3.45. The van der Waals surface area contributed by atoms with Crippen molar-refractivity contribution in [3.63, 3.8) is 0 Å². The summed E-state index contributed by atoms with van der Waals surface area (Å²) in [6, 6.07) is 10.2. The van der Waals surface area contributed by atoms with E-state index in [1.165, 1.54) is 20.3 Å². The van der Waals surface area contributed by atoms with Crippen LogP contribution in [0.4, 0.5) is 13.2 Å². The van der Waals surface area contributed by atoms with Gasteiger partial charge in [-0.15, -0.1) is 0 Å². The molecule has 3 nitrogen and oxygen atoms in total. The Morgan fingerprint density at radius 3 is 2.30 bits per heavy atom. The minimum absolute atomic E-state index is 0.261. The van der Waals surface area contributed by atoms with Gasteiger partial charge in [0.1, 0.15) is 0 Å². The average molecular weight is 325 g/mol. The molecule has 0 amide bonds. The Labute approximate surface area is 132 Å². The van der Waals surface area contributed by atoms with Crippen molar-refractivity contribution in [3.8, 4) is 0 Å². The lowest BCUT2D eigenvalue weighted by molar-refractivity contribution is -0.127. The van der Waals surface area contributed by atoms with Crippen LogP contribution in [0.15, 0.2) is 41.4 Å². The van der Waals surface area contributed by atoms with Gasteiger partial charge in [0.25, 0.3) is 0 Å². The summed E-state index contributed by atoms with van der Waals surface area (Å²) >= 11 is 0. The summed E-state index contributed by atoms with van der Waals surface area (Å²) in [5, 5.41) is 1.33. The Morgan fingerprint density at radius 1 is 1.04 bits per heavy atom. The van der Waals surface area contributed by atoms with Gasteiger partial charge in [-0.1, -0.05) is 36.4 Å². The van der Waals surface area contributed by atoms with Gasteiger partial charge in [-0.2, -0.15) is 13.2 Å². The van der Waals surface area contributed by atoms with Gasteiger partial charge < -0.3 is 9.47 Å². The normalized spacial score (nSPS) is 12.6. The zero-order chi connectivity index (χ0) is 16.9. The van der Waals surface area contributed by atoms with Crippen LogP contribution in [0.2, 0.25) is 0 Å². The predicted molar refractivity (Wildman–Crippen MR) is 84.0 cm³/mol. The van der Waals surface area contributed by atoms with E-state index in [0.29, 0.717) is 11.9 Å². The van der Waals surface area contributed by atoms with E-state index in [0.717, 1.165) is 10.9 Å². The van der Waals surface area contributed by atoms with Gasteiger partial charge in [-0.3, -0.25) is 4.99 Å². The number of hydrogen-bond donors (Lipinski definition) is 0. The van der Waals surface area contributed by atoms with Gasteiger partial charge in [-0.05, 0) is 16.3 Å². The molecule has 0 aliphatic carbocycles. The summed E-state index contributed by atoms with van der Waals surface area (Å²) in [5.74, 6) is 0. The first kappa shape index (κ1) is 17.4. The molecule has 0 aromatic heterocycles. The number of ether oxygens (including phenoxy) is 2. The minimum atomic E-state index is -4.23. The number of benzene rings is 2. The molecule has 0 saturated heterocycles. The van der Waals surface area contributed by atoms with E-state index >= 15 is 0 Å². The number of rotatable bonds is 6. The first-order valence-electron chi connectivity index (χ1n) is 7.07. The summed E-state index contributed by atoms with van der Waals surface area (Å²) < 4.78 is 48.1. The first-order chi connectivity index (χ1) is 10.9. The van der Waals surface area contributed by atoms with Crippen molar-refractivity contribution < 1.29 is 22.6 Å². The summed E-state index contributed by atoms with van der Waals surface area (Å²) in [4.78, 5) is 4.24. The van der Waals surface area contributed by atoms with Crippen LogP contribution in [-0.2, 0) is 15.9 Å². The summed E-state index contributed by atoms with van der Waals surface area (Å²) in [6.07, 6.45) is -3.99. The van der Waals surface area contributed by atoms with E-state index in [9.17, 15) is 13.2 Å². The lowest BCUT2D eigenvalue weighted by atomic mass is 9.98. The van der Waals surface area contributed by atoms with Crippen LogP contribution in [-0.4, -0.2) is 39.4 Å². The zero-order valence-corrected chi connectivity index (χ0v) is 12.9. The fourth-order valence-electron chi connectivity index (χ4n) is 2.35. The fraction of sp³-hybridized carbons (Fsp3) is 0.353. The largest absolute Gasteiger partial charge is 0.393 e. The predicted octanol–water partition coefficient (Wildman–Crippen LogP) is 3.98. The highest BCUT2D eigenvalue weighted by atomic mass is 19.4. The van der Waals surface area contributed by atoms with Crippen LogP contribution in [0.25, 0.3) is 10.8 Å². The average Bonchev–Trinajstić information content (AvgIpc) is 2.52. The molecule has 0 N–H and O–H groups in total. The maximum Gasteiger partial charge on any atom is 0.393 e. The van der Waals surface area contributed by atoms with Gasteiger partial charge >= 0.3 is 6.18 Å². The standard InChI is InChI=1S/C17H18F3NO2/c1-22-16(23-2)11-21-10-13-8-7-12(9-17(18,19)20)14-5-3-4-6-15(13)14/h3-8,10,16H,9,11H2,1-2H3/b21-10+. The third-order valence-corrected chi connectivity index (χ3v) is 3.45. The molecule has 0 unspecified atom stereocenters. The van der Waals surface area contributed by atoms with Crippen LogP contribution in [0.1, 0.15) is 11.1 Å². The number of nitrogens with zero attached hydrogens (tertiary/aromatic N) is 1. The molecule has 124 valence electrons. The van der Waals surface area contributed by atoms with Crippen molar-refractivity contribution in [2.75, 3.05) is 20.8 Å². The summed E-state index contributed by atoms with van der Waals surface area (Å²) in [6.45, 7) is 0.311. The van der Waals surface area contributed by atoms with Crippen LogP contribution in [0, 0.1) is 0 Å². The Bertz CT molecular complexity index is 679. The van der Waals surface area contributed by atoms with E-state index in [1.807, 2.05) is 0 Å². The number of fused-ring (bicyclic) bond motifs is 1. The summed E-state index contributed by atoms with van der Waals surface area (Å²) in [7, 11) is 3.04. The van der Waals surface area contributed by atoms with Gasteiger partial charge in [0.2, 0.25) is 0 Å². The van der Waals surface area contributed by atoms with Crippen molar-refractivity contribution in [1.82, 2.24) is 0 Å². The minimum Gasteiger partial charge on any atom is -0.354 e. The second-order valence-electron chi connectivity index (χ2n) is 5.05.